The van der Waals surface area contributed by atoms with Crippen molar-refractivity contribution in [1.29, 1.82) is 0 Å². The van der Waals surface area contributed by atoms with Gasteiger partial charge in [0.15, 0.2) is 0 Å². The van der Waals surface area contributed by atoms with Gasteiger partial charge in [0.1, 0.15) is 0 Å². The van der Waals surface area contributed by atoms with Crippen LogP contribution in [0.1, 0.15) is 20.8 Å². The first-order valence-corrected chi connectivity index (χ1v) is 7.89. The maximum atomic E-state index is 3.75. The quantitative estimate of drug-likeness (QED) is 0.534. The van der Waals surface area contributed by atoms with Crippen molar-refractivity contribution in [2.75, 3.05) is 0 Å². The van der Waals surface area contributed by atoms with E-state index in [4.69, 9.17) is 0 Å². The molecule has 0 fully saturated rings. The average Bonchev–Trinajstić information content (AvgIpc) is 2.39. The highest BCUT2D eigenvalue weighted by molar-refractivity contribution is 9.12. The molecular formula is C14H11Br3. The highest BCUT2D eigenvalue weighted by Crippen LogP contribution is 2.42. The van der Waals surface area contributed by atoms with E-state index < -0.39 is 0 Å². The van der Waals surface area contributed by atoms with Gasteiger partial charge in [-0.25, -0.2) is 0 Å². The van der Waals surface area contributed by atoms with Crippen LogP contribution in [-0.2, 0) is 0 Å². The topological polar surface area (TPSA) is 0 Å². The Morgan fingerprint density at radius 3 is 1.65 bits per heavy atom. The van der Waals surface area contributed by atoms with Gasteiger partial charge in [-0.15, -0.1) is 0 Å². The first kappa shape index (κ1) is 13.3. The SMILES string of the molecule is Brc1ccc(C(Br)C(Br)c2ccccc2)cc1. The second kappa shape index (κ2) is 6.17. The summed E-state index contributed by atoms with van der Waals surface area (Å²) in [6.07, 6.45) is 0. The van der Waals surface area contributed by atoms with Gasteiger partial charge in [0.2, 0.25) is 0 Å². The van der Waals surface area contributed by atoms with Gasteiger partial charge in [0, 0.05) is 4.47 Å². The summed E-state index contributed by atoms with van der Waals surface area (Å²) >= 11 is 10.9. The van der Waals surface area contributed by atoms with E-state index in [0.717, 1.165) is 4.47 Å². The number of halogens is 3. The van der Waals surface area contributed by atoms with Crippen LogP contribution in [0.15, 0.2) is 59.1 Å². The molecule has 0 N–H and O–H groups in total. The van der Waals surface area contributed by atoms with Crippen LogP contribution in [0.3, 0.4) is 0 Å². The molecule has 2 aromatic rings. The maximum Gasteiger partial charge on any atom is 0.0561 e. The molecule has 3 heteroatoms. The molecule has 2 atom stereocenters. The van der Waals surface area contributed by atoms with E-state index >= 15 is 0 Å². The summed E-state index contributed by atoms with van der Waals surface area (Å²) in [5.41, 5.74) is 2.54. The molecule has 0 aliphatic heterocycles. The van der Waals surface area contributed by atoms with E-state index in [1.54, 1.807) is 0 Å². The second-order valence-corrected chi connectivity index (χ2v) is 6.65. The molecule has 0 aliphatic rings. The lowest BCUT2D eigenvalue weighted by atomic mass is 10.0. The van der Waals surface area contributed by atoms with E-state index in [-0.39, 0.29) is 9.65 Å². The summed E-state index contributed by atoms with van der Waals surface area (Å²) in [5, 5.41) is 0. The van der Waals surface area contributed by atoms with Gasteiger partial charge in [0.05, 0.1) is 9.65 Å². The Bertz CT molecular complexity index is 465. The molecule has 0 bridgehead atoms. The van der Waals surface area contributed by atoms with Gasteiger partial charge in [0.25, 0.3) is 0 Å². The smallest absolute Gasteiger partial charge is 0.0561 e. The van der Waals surface area contributed by atoms with Crippen molar-refractivity contribution in [3.63, 3.8) is 0 Å². The van der Waals surface area contributed by atoms with E-state index in [1.165, 1.54) is 11.1 Å². The first-order valence-electron chi connectivity index (χ1n) is 5.27. The van der Waals surface area contributed by atoms with Crippen molar-refractivity contribution in [1.82, 2.24) is 0 Å². The van der Waals surface area contributed by atoms with Gasteiger partial charge in [-0.05, 0) is 23.3 Å². The van der Waals surface area contributed by atoms with Crippen molar-refractivity contribution >= 4 is 47.8 Å². The monoisotopic (exact) mass is 416 g/mol. The van der Waals surface area contributed by atoms with Crippen LogP contribution in [0.4, 0.5) is 0 Å². The Balaban J connectivity index is 2.20. The number of benzene rings is 2. The lowest BCUT2D eigenvalue weighted by Crippen LogP contribution is -1.98. The molecule has 0 saturated heterocycles. The number of rotatable bonds is 3. The molecule has 2 aromatic carbocycles. The third-order valence-corrected chi connectivity index (χ3v) is 5.92. The molecule has 2 rings (SSSR count). The van der Waals surface area contributed by atoms with Gasteiger partial charge < -0.3 is 0 Å². The Hall–Kier alpha value is -0.120. The molecule has 88 valence electrons. The van der Waals surface area contributed by atoms with Gasteiger partial charge in [-0.3, -0.25) is 0 Å². The number of hydrogen-bond donors (Lipinski definition) is 0. The maximum absolute atomic E-state index is 3.75. The van der Waals surface area contributed by atoms with Crippen LogP contribution < -0.4 is 0 Å². The standard InChI is InChI=1S/C14H11Br3/c15-12-8-6-11(7-9-12)14(17)13(16)10-4-2-1-3-5-10/h1-9,13-14H. The molecule has 17 heavy (non-hydrogen) atoms. The molecule has 0 radical (unpaired) electrons. The Morgan fingerprint density at radius 1 is 0.647 bits per heavy atom. The summed E-state index contributed by atoms with van der Waals surface area (Å²) in [4.78, 5) is 0.530. The summed E-state index contributed by atoms with van der Waals surface area (Å²) in [6.45, 7) is 0. The molecule has 0 spiro atoms. The predicted molar refractivity (Wildman–Crippen MR) is 83.9 cm³/mol. The molecular weight excluding hydrogens is 408 g/mol. The van der Waals surface area contributed by atoms with E-state index in [0.29, 0.717) is 0 Å². The van der Waals surface area contributed by atoms with Crippen molar-refractivity contribution in [2.24, 2.45) is 0 Å². The highest BCUT2D eigenvalue weighted by Gasteiger charge is 2.19. The second-order valence-electron chi connectivity index (χ2n) is 3.77. The molecule has 0 nitrogen and oxygen atoms in total. The van der Waals surface area contributed by atoms with Crippen LogP contribution in [0, 0.1) is 0 Å². The zero-order chi connectivity index (χ0) is 12.3. The van der Waals surface area contributed by atoms with Crippen molar-refractivity contribution < 1.29 is 0 Å². The molecule has 0 amide bonds. The largest absolute Gasteiger partial charge is 0.0823 e. The fourth-order valence-electron chi connectivity index (χ4n) is 1.62. The minimum atomic E-state index is 0.262. The minimum Gasteiger partial charge on any atom is -0.0823 e. The van der Waals surface area contributed by atoms with Gasteiger partial charge >= 0.3 is 0 Å². The average molecular weight is 419 g/mol. The van der Waals surface area contributed by atoms with Crippen molar-refractivity contribution in [3.8, 4) is 0 Å². The van der Waals surface area contributed by atoms with Gasteiger partial charge in [-0.1, -0.05) is 90.3 Å². The van der Waals surface area contributed by atoms with Crippen LogP contribution >= 0.6 is 47.8 Å². The van der Waals surface area contributed by atoms with Crippen LogP contribution in [0.2, 0.25) is 0 Å². The van der Waals surface area contributed by atoms with Crippen molar-refractivity contribution in [2.45, 2.75) is 9.65 Å². The Kier molecular flexibility index (Phi) is 4.83. The summed E-state index contributed by atoms with van der Waals surface area (Å²) < 4.78 is 1.10. The molecule has 0 aromatic heterocycles. The zero-order valence-electron chi connectivity index (χ0n) is 8.98. The van der Waals surface area contributed by atoms with E-state index in [1.807, 2.05) is 6.07 Å². The predicted octanol–water partition coefficient (Wildman–Crippen LogP) is 6.02. The molecule has 0 aliphatic carbocycles. The summed E-state index contributed by atoms with van der Waals surface area (Å²) in [6, 6.07) is 18.8. The highest BCUT2D eigenvalue weighted by atomic mass is 79.9. The van der Waals surface area contributed by atoms with Gasteiger partial charge in [-0.2, -0.15) is 0 Å². The summed E-state index contributed by atoms with van der Waals surface area (Å²) in [7, 11) is 0. The zero-order valence-corrected chi connectivity index (χ0v) is 13.7. The first-order chi connectivity index (χ1) is 8.18. The van der Waals surface area contributed by atoms with Crippen molar-refractivity contribution in [3.05, 3.63) is 70.2 Å². The normalized spacial score (nSPS) is 14.3. The lowest BCUT2D eigenvalue weighted by Gasteiger charge is -2.17. The fourth-order valence-corrected chi connectivity index (χ4v) is 3.11. The summed E-state index contributed by atoms with van der Waals surface area (Å²) in [5.74, 6) is 0. The van der Waals surface area contributed by atoms with Crippen LogP contribution in [0.5, 0.6) is 0 Å². The minimum absolute atomic E-state index is 0.262. The number of hydrogen-bond acceptors (Lipinski definition) is 0. The van der Waals surface area contributed by atoms with Crippen LogP contribution in [-0.4, -0.2) is 0 Å². The third-order valence-electron chi connectivity index (χ3n) is 2.56. The molecule has 0 heterocycles. The van der Waals surface area contributed by atoms with Crippen LogP contribution in [0.25, 0.3) is 0 Å². The lowest BCUT2D eigenvalue weighted by molar-refractivity contribution is 0.937. The van der Waals surface area contributed by atoms with E-state index in [9.17, 15) is 0 Å². The van der Waals surface area contributed by atoms with E-state index in [2.05, 4.69) is 96.3 Å². The molecule has 2 unspecified atom stereocenters. The molecule has 0 saturated carbocycles. The Labute approximate surface area is 127 Å². The Morgan fingerprint density at radius 2 is 1.12 bits per heavy atom. The number of alkyl halides is 2. The fraction of sp³-hybridized carbons (Fsp3) is 0.143. The third kappa shape index (κ3) is 3.43.